The van der Waals surface area contributed by atoms with Crippen molar-refractivity contribution in [1.29, 1.82) is 0 Å². The Bertz CT molecular complexity index is 238. The zero-order valence-corrected chi connectivity index (χ0v) is 17.0. The molecule has 0 aliphatic heterocycles. The summed E-state index contributed by atoms with van der Waals surface area (Å²) in [7, 11) is 0. The fraction of sp³-hybridized carbons (Fsp3) is 1.00. The van der Waals surface area contributed by atoms with Crippen molar-refractivity contribution >= 4 is 0 Å². The van der Waals surface area contributed by atoms with E-state index in [-0.39, 0.29) is 0 Å². The summed E-state index contributed by atoms with van der Waals surface area (Å²) in [5.74, 6) is 2.70. The molecule has 0 heteroatoms. The van der Waals surface area contributed by atoms with E-state index in [0.29, 0.717) is 5.41 Å². The lowest BCUT2D eigenvalue weighted by atomic mass is 9.64. The molecule has 0 saturated carbocycles. The number of hydrogen-bond donors (Lipinski definition) is 0. The lowest BCUT2D eigenvalue weighted by Crippen LogP contribution is -2.31. The van der Waals surface area contributed by atoms with Crippen LogP contribution in [0.1, 0.15) is 119 Å². The first-order valence-electron chi connectivity index (χ1n) is 10.5. The second-order valence-corrected chi connectivity index (χ2v) is 8.30. The third-order valence-corrected chi connectivity index (χ3v) is 6.21. The molecule has 0 fully saturated rings. The smallest absolute Gasteiger partial charge is 0.0272 e. The molecule has 0 rings (SSSR count). The van der Waals surface area contributed by atoms with E-state index in [9.17, 15) is 0 Å². The normalized spacial score (nSPS) is 16.2. The highest BCUT2D eigenvalue weighted by atomic mass is 14.4. The first-order chi connectivity index (χ1) is 10.5. The van der Waals surface area contributed by atoms with Crippen LogP contribution in [0.2, 0.25) is 0 Å². The molecular weight excluding hydrogens is 264 g/mol. The monoisotopic (exact) mass is 310 g/mol. The van der Waals surface area contributed by atoms with Crippen LogP contribution in [-0.2, 0) is 0 Å². The Kier molecular flexibility index (Phi) is 12.4. The summed E-state index contributed by atoms with van der Waals surface area (Å²) in [5.41, 5.74) is 0.618. The van der Waals surface area contributed by atoms with Crippen molar-refractivity contribution in [3.8, 4) is 0 Å². The summed E-state index contributed by atoms with van der Waals surface area (Å²) in [6, 6.07) is 0. The summed E-state index contributed by atoms with van der Waals surface area (Å²) < 4.78 is 0. The van der Waals surface area contributed by atoms with E-state index in [1.54, 1.807) is 0 Å². The highest BCUT2D eigenvalue weighted by molar-refractivity contribution is 4.85. The molecule has 0 aliphatic rings. The average molecular weight is 311 g/mol. The molecule has 0 aliphatic carbocycles. The van der Waals surface area contributed by atoms with Crippen molar-refractivity contribution in [2.75, 3.05) is 0 Å². The molecule has 0 N–H and O–H groups in total. The van der Waals surface area contributed by atoms with Gasteiger partial charge in [0, 0.05) is 0 Å². The standard InChI is InChI=1S/C22H46/c1-8-12-13-14-20(7)16-18-22(11-4,17-15-19(5)6)21(9-2)10-3/h19-21H,8-18H2,1-7H3. The van der Waals surface area contributed by atoms with Crippen LogP contribution in [0.5, 0.6) is 0 Å². The molecule has 0 aromatic rings. The van der Waals surface area contributed by atoms with E-state index < -0.39 is 0 Å². The summed E-state index contributed by atoms with van der Waals surface area (Å²) in [6.45, 7) is 16.9. The van der Waals surface area contributed by atoms with Crippen molar-refractivity contribution < 1.29 is 0 Å². The van der Waals surface area contributed by atoms with E-state index in [2.05, 4.69) is 48.5 Å². The van der Waals surface area contributed by atoms with Crippen molar-refractivity contribution in [2.45, 2.75) is 119 Å². The maximum Gasteiger partial charge on any atom is -0.0272 e. The average Bonchev–Trinajstić information content (AvgIpc) is 2.50. The van der Waals surface area contributed by atoms with Gasteiger partial charge in [0.15, 0.2) is 0 Å². The summed E-state index contributed by atoms with van der Waals surface area (Å²) in [5, 5.41) is 0. The van der Waals surface area contributed by atoms with Crippen LogP contribution < -0.4 is 0 Å². The van der Waals surface area contributed by atoms with Crippen LogP contribution in [0.3, 0.4) is 0 Å². The van der Waals surface area contributed by atoms with Gasteiger partial charge in [0.2, 0.25) is 0 Å². The Morgan fingerprint density at radius 3 is 1.77 bits per heavy atom. The molecule has 134 valence electrons. The van der Waals surface area contributed by atoms with Crippen LogP contribution in [0.15, 0.2) is 0 Å². The first kappa shape index (κ1) is 22.0. The highest BCUT2D eigenvalue weighted by Gasteiger charge is 2.34. The molecule has 0 heterocycles. The Balaban J connectivity index is 4.68. The van der Waals surface area contributed by atoms with Crippen molar-refractivity contribution in [3.63, 3.8) is 0 Å². The molecule has 2 atom stereocenters. The third kappa shape index (κ3) is 8.02. The zero-order chi connectivity index (χ0) is 17.0. The topological polar surface area (TPSA) is 0 Å². The van der Waals surface area contributed by atoms with Gasteiger partial charge in [0.05, 0.1) is 0 Å². The lowest BCUT2D eigenvalue weighted by molar-refractivity contribution is 0.0935. The van der Waals surface area contributed by atoms with Crippen molar-refractivity contribution in [1.82, 2.24) is 0 Å². The summed E-state index contributed by atoms with van der Waals surface area (Å²) >= 11 is 0. The molecule has 0 bridgehead atoms. The van der Waals surface area contributed by atoms with Crippen LogP contribution in [-0.4, -0.2) is 0 Å². The van der Waals surface area contributed by atoms with Gasteiger partial charge in [-0.05, 0) is 36.0 Å². The molecule has 0 amide bonds. The Labute approximate surface area is 142 Å². The fourth-order valence-electron chi connectivity index (χ4n) is 4.33. The number of unbranched alkanes of at least 4 members (excludes halogenated alkanes) is 2. The summed E-state index contributed by atoms with van der Waals surface area (Å²) in [6.07, 6.45) is 15.6. The fourth-order valence-corrected chi connectivity index (χ4v) is 4.33. The zero-order valence-electron chi connectivity index (χ0n) is 17.0. The molecule has 22 heavy (non-hydrogen) atoms. The van der Waals surface area contributed by atoms with E-state index in [1.165, 1.54) is 70.6 Å². The van der Waals surface area contributed by atoms with E-state index in [1.807, 2.05) is 0 Å². The maximum absolute atomic E-state index is 2.49. The van der Waals surface area contributed by atoms with Gasteiger partial charge in [-0.3, -0.25) is 0 Å². The van der Waals surface area contributed by atoms with Crippen molar-refractivity contribution in [3.05, 3.63) is 0 Å². The van der Waals surface area contributed by atoms with E-state index in [4.69, 9.17) is 0 Å². The largest absolute Gasteiger partial charge is 0.0654 e. The third-order valence-electron chi connectivity index (χ3n) is 6.21. The van der Waals surface area contributed by atoms with E-state index in [0.717, 1.165) is 17.8 Å². The van der Waals surface area contributed by atoms with Crippen LogP contribution in [0.4, 0.5) is 0 Å². The predicted octanol–water partition coefficient (Wildman–Crippen LogP) is 8.25. The molecule has 0 spiro atoms. The van der Waals surface area contributed by atoms with Crippen LogP contribution >= 0.6 is 0 Å². The van der Waals surface area contributed by atoms with Crippen LogP contribution in [0, 0.1) is 23.2 Å². The second kappa shape index (κ2) is 12.4. The first-order valence-corrected chi connectivity index (χ1v) is 10.5. The minimum Gasteiger partial charge on any atom is -0.0654 e. The maximum atomic E-state index is 2.49. The van der Waals surface area contributed by atoms with Gasteiger partial charge in [-0.25, -0.2) is 0 Å². The second-order valence-electron chi connectivity index (χ2n) is 8.30. The molecular formula is C22H46. The molecule has 0 radical (unpaired) electrons. The van der Waals surface area contributed by atoms with Gasteiger partial charge in [0.1, 0.15) is 0 Å². The molecule has 0 aromatic carbocycles. The molecule has 2 unspecified atom stereocenters. The SMILES string of the molecule is CCCCCC(C)CCC(CC)(CCC(C)C)C(CC)CC. The van der Waals surface area contributed by atoms with Crippen LogP contribution in [0.25, 0.3) is 0 Å². The minimum absolute atomic E-state index is 0.618. The predicted molar refractivity (Wildman–Crippen MR) is 103 cm³/mol. The van der Waals surface area contributed by atoms with Gasteiger partial charge in [0.25, 0.3) is 0 Å². The quantitative estimate of drug-likeness (QED) is 0.283. The lowest BCUT2D eigenvalue weighted by Gasteiger charge is -2.41. The van der Waals surface area contributed by atoms with E-state index >= 15 is 0 Å². The van der Waals surface area contributed by atoms with Gasteiger partial charge in [-0.1, -0.05) is 106 Å². The molecule has 0 aromatic heterocycles. The number of rotatable bonds is 14. The highest BCUT2D eigenvalue weighted by Crippen LogP contribution is 2.46. The minimum atomic E-state index is 0.618. The summed E-state index contributed by atoms with van der Waals surface area (Å²) in [4.78, 5) is 0. The Hall–Kier alpha value is 0. The van der Waals surface area contributed by atoms with Gasteiger partial charge in [-0.2, -0.15) is 0 Å². The van der Waals surface area contributed by atoms with Gasteiger partial charge < -0.3 is 0 Å². The molecule has 0 nitrogen and oxygen atoms in total. The van der Waals surface area contributed by atoms with Gasteiger partial charge >= 0.3 is 0 Å². The van der Waals surface area contributed by atoms with Crippen molar-refractivity contribution in [2.24, 2.45) is 23.2 Å². The molecule has 0 saturated heterocycles. The number of hydrogen-bond acceptors (Lipinski definition) is 0. The Morgan fingerprint density at radius 2 is 1.32 bits per heavy atom. The van der Waals surface area contributed by atoms with Gasteiger partial charge in [-0.15, -0.1) is 0 Å². The Morgan fingerprint density at radius 1 is 0.727 bits per heavy atom.